The van der Waals surface area contributed by atoms with Gasteiger partial charge in [0.05, 0.1) is 13.2 Å². The molecule has 2 aromatic carbocycles. The van der Waals surface area contributed by atoms with Gasteiger partial charge in [-0.2, -0.15) is 0 Å². The number of nitrogens with one attached hydrogen (secondary N) is 1. The van der Waals surface area contributed by atoms with Crippen molar-refractivity contribution >= 4 is 17.3 Å². The Morgan fingerprint density at radius 2 is 1.88 bits per heavy atom. The summed E-state index contributed by atoms with van der Waals surface area (Å²) in [7, 11) is 0. The highest BCUT2D eigenvalue weighted by molar-refractivity contribution is 5.91. The van der Waals surface area contributed by atoms with Crippen LogP contribution in [0.15, 0.2) is 48.5 Å². The normalized spacial score (nSPS) is 14.4. The first-order valence-corrected chi connectivity index (χ1v) is 8.99. The Balaban J connectivity index is 1.48. The van der Waals surface area contributed by atoms with Gasteiger partial charge in [0, 0.05) is 30.9 Å². The van der Waals surface area contributed by atoms with Crippen LogP contribution in [0.5, 0.6) is 0 Å². The minimum atomic E-state index is 0.0752. The lowest BCUT2D eigenvalue weighted by atomic mass is 10.1. The summed E-state index contributed by atoms with van der Waals surface area (Å²) in [6.45, 7) is 5.40. The third-order valence-electron chi connectivity index (χ3n) is 4.50. The van der Waals surface area contributed by atoms with Crippen LogP contribution in [0, 0.1) is 6.92 Å². The van der Waals surface area contributed by atoms with Crippen LogP contribution in [0.3, 0.4) is 0 Å². The summed E-state index contributed by atoms with van der Waals surface area (Å²) in [5.41, 5.74) is 4.56. The first-order chi connectivity index (χ1) is 12.2. The topological polar surface area (TPSA) is 41.6 Å². The second-order valence-electron chi connectivity index (χ2n) is 6.54. The van der Waals surface area contributed by atoms with E-state index in [1.165, 1.54) is 11.1 Å². The Labute approximate surface area is 149 Å². The van der Waals surface area contributed by atoms with E-state index in [1.807, 2.05) is 18.2 Å². The van der Waals surface area contributed by atoms with Crippen LogP contribution in [-0.4, -0.2) is 32.2 Å². The summed E-state index contributed by atoms with van der Waals surface area (Å²) in [4.78, 5) is 14.5. The van der Waals surface area contributed by atoms with E-state index in [9.17, 15) is 4.79 Å². The molecule has 1 saturated heterocycles. The maximum Gasteiger partial charge on any atom is 0.224 e. The van der Waals surface area contributed by atoms with Crippen molar-refractivity contribution in [3.05, 3.63) is 59.7 Å². The zero-order valence-corrected chi connectivity index (χ0v) is 14.8. The van der Waals surface area contributed by atoms with E-state index in [0.717, 1.165) is 50.5 Å². The average molecular weight is 338 g/mol. The van der Waals surface area contributed by atoms with Crippen molar-refractivity contribution < 1.29 is 9.53 Å². The second-order valence-corrected chi connectivity index (χ2v) is 6.54. The van der Waals surface area contributed by atoms with E-state index in [4.69, 9.17) is 4.74 Å². The van der Waals surface area contributed by atoms with Crippen molar-refractivity contribution in [2.75, 3.05) is 36.5 Å². The van der Waals surface area contributed by atoms with E-state index in [-0.39, 0.29) is 5.91 Å². The first kappa shape index (κ1) is 17.5. The molecule has 0 bridgehead atoms. The highest BCUT2D eigenvalue weighted by Crippen LogP contribution is 2.20. The summed E-state index contributed by atoms with van der Waals surface area (Å²) in [5, 5.41) is 3.02. The number of nitrogens with zero attached hydrogens (tertiary/aromatic N) is 1. The molecule has 132 valence electrons. The summed E-state index contributed by atoms with van der Waals surface area (Å²) in [6, 6.07) is 16.6. The molecule has 2 aromatic rings. The molecule has 25 heavy (non-hydrogen) atoms. The molecule has 0 radical (unpaired) electrons. The molecule has 1 aliphatic heterocycles. The lowest BCUT2D eigenvalue weighted by molar-refractivity contribution is -0.116. The molecule has 1 aliphatic rings. The van der Waals surface area contributed by atoms with Gasteiger partial charge in [0.15, 0.2) is 0 Å². The van der Waals surface area contributed by atoms with E-state index in [0.29, 0.717) is 6.42 Å². The number of hydrogen-bond donors (Lipinski definition) is 1. The van der Waals surface area contributed by atoms with Crippen LogP contribution in [-0.2, 0) is 16.0 Å². The number of carbonyl (C=O) groups excluding carboxylic acids is 1. The first-order valence-electron chi connectivity index (χ1n) is 8.99. The van der Waals surface area contributed by atoms with E-state index < -0.39 is 0 Å². The molecule has 4 heteroatoms. The van der Waals surface area contributed by atoms with Crippen LogP contribution in [0.1, 0.15) is 24.0 Å². The number of aryl methyl sites for hydroxylation is 2. The van der Waals surface area contributed by atoms with Gasteiger partial charge in [-0.3, -0.25) is 4.79 Å². The largest absolute Gasteiger partial charge is 0.378 e. The van der Waals surface area contributed by atoms with Crippen molar-refractivity contribution in [2.24, 2.45) is 0 Å². The maximum absolute atomic E-state index is 12.2. The van der Waals surface area contributed by atoms with Crippen molar-refractivity contribution in [1.29, 1.82) is 0 Å². The molecule has 0 saturated carbocycles. The predicted molar refractivity (Wildman–Crippen MR) is 102 cm³/mol. The van der Waals surface area contributed by atoms with E-state index in [1.54, 1.807) is 0 Å². The van der Waals surface area contributed by atoms with Crippen LogP contribution in [0.4, 0.5) is 11.4 Å². The Hall–Kier alpha value is -2.33. The van der Waals surface area contributed by atoms with Crippen molar-refractivity contribution in [3.8, 4) is 0 Å². The molecule has 0 unspecified atom stereocenters. The molecule has 0 aliphatic carbocycles. The fourth-order valence-electron chi connectivity index (χ4n) is 3.03. The molecule has 0 aromatic heterocycles. The molecule has 1 fully saturated rings. The molecule has 1 amide bonds. The van der Waals surface area contributed by atoms with Crippen molar-refractivity contribution in [2.45, 2.75) is 26.2 Å². The van der Waals surface area contributed by atoms with Gasteiger partial charge in [-0.05, 0) is 43.5 Å². The van der Waals surface area contributed by atoms with Gasteiger partial charge in [-0.15, -0.1) is 0 Å². The molecule has 4 nitrogen and oxygen atoms in total. The van der Waals surface area contributed by atoms with Gasteiger partial charge in [0.1, 0.15) is 0 Å². The van der Waals surface area contributed by atoms with Gasteiger partial charge >= 0.3 is 0 Å². The van der Waals surface area contributed by atoms with Gasteiger partial charge in [-0.1, -0.05) is 35.9 Å². The van der Waals surface area contributed by atoms with Crippen LogP contribution >= 0.6 is 0 Å². The number of benzene rings is 2. The predicted octanol–water partition coefficient (Wildman–Crippen LogP) is 3.79. The van der Waals surface area contributed by atoms with E-state index in [2.05, 4.69) is 47.5 Å². The fourth-order valence-corrected chi connectivity index (χ4v) is 3.03. The van der Waals surface area contributed by atoms with Gasteiger partial charge in [-0.25, -0.2) is 0 Å². The smallest absolute Gasteiger partial charge is 0.224 e. The molecule has 0 atom stereocenters. The van der Waals surface area contributed by atoms with Gasteiger partial charge in [0.2, 0.25) is 5.91 Å². The minimum absolute atomic E-state index is 0.0752. The zero-order chi connectivity index (χ0) is 17.5. The number of amides is 1. The second kappa shape index (κ2) is 8.67. The monoisotopic (exact) mass is 338 g/mol. The van der Waals surface area contributed by atoms with Crippen LogP contribution in [0.25, 0.3) is 0 Å². The zero-order valence-electron chi connectivity index (χ0n) is 14.8. The Bertz CT molecular complexity index is 691. The number of anilines is 2. The highest BCUT2D eigenvalue weighted by Gasteiger charge is 2.12. The Morgan fingerprint density at radius 3 is 2.64 bits per heavy atom. The molecule has 1 N–H and O–H groups in total. The summed E-state index contributed by atoms with van der Waals surface area (Å²) in [5.74, 6) is 0.0752. The fraction of sp³-hybridized carbons (Fsp3) is 0.381. The summed E-state index contributed by atoms with van der Waals surface area (Å²) >= 11 is 0. The molecular weight excluding hydrogens is 312 g/mol. The third kappa shape index (κ3) is 5.33. The average Bonchev–Trinajstić information content (AvgIpc) is 2.64. The third-order valence-corrected chi connectivity index (χ3v) is 4.50. The Kier molecular flexibility index (Phi) is 6.07. The Morgan fingerprint density at radius 1 is 1.12 bits per heavy atom. The quantitative estimate of drug-likeness (QED) is 0.871. The molecule has 3 rings (SSSR count). The number of rotatable bonds is 6. The van der Waals surface area contributed by atoms with Crippen LogP contribution < -0.4 is 10.2 Å². The summed E-state index contributed by atoms with van der Waals surface area (Å²) in [6.07, 6.45) is 2.33. The maximum atomic E-state index is 12.2. The van der Waals surface area contributed by atoms with E-state index >= 15 is 0 Å². The van der Waals surface area contributed by atoms with Crippen molar-refractivity contribution in [1.82, 2.24) is 0 Å². The molecular formula is C21H26N2O2. The van der Waals surface area contributed by atoms with Gasteiger partial charge in [0.25, 0.3) is 0 Å². The number of carbonyl (C=O) groups is 1. The lowest BCUT2D eigenvalue weighted by Crippen LogP contribution is -2.36. The standard InChI is InChI=1S/C21H26N2O2/c1-17-8-10-18(11-9-17)4-2-7-21(24)22-19-5-3-6-20(16-19)23-12-14-25-15-13-23/h3,5-6,8-11,16H,2,4,7,12-15H2,1H3,(H,22,24). The summed E-state index contributed by atoms with van der Waals surface area (Å²) < 4.78 is 5.39. The number of hydrogen-bond acceptors (Lipinski definition) is 3. The minimum Gasteiger partial charge on any atom is -0.378 e. The highest BCUT2D eigenvalue weighted by atomic mass is 16.5. The van der Waals surface area contributed by atoms with Crippen molar-refractivity contribution in [3.63, 3.8) is 0 Å². The van der Waals surface area contributed by atoms with Crippen LogP contribution in [0.2, 0.25) is 0 Å². The molecule has 0 spiro atoms. The number of ether oxygens (including phenoxy) is 1. The SMILES string of the molecule is Cc1ccc(CCCC(=O)Nc2cccc(N3CCOCC3)c2)cc1. The lowest BCUT2D eigenvalue weighted by Gasteiger charge is -2.29. The van der Waals surface area contributed by atoms with Gasteiger partial charge < -0.3 is 15.0 Å². The molecule has 1 heterocycles. The number of morpholine rings is 1.